The van der Waals surface area contributed by atoms with Crippen molar-refractivity contribution in [1.82, 2.24) is 4.57 Å². The van der Waals surface area contributed by atoms with Crippen LogP contribution in [0.3, 0.4) is 0 Å². The molecule has 1 heterocycles. The molecule has 3 aromatic rings. The quantitative estimate of drug-likeness (QED) is 0.503. The Morgan fingerprint density at radius 1 is 1.19 bits per heavy atom. The molecule has 0 atom stereocenters. The van der Waals surface area contributed by atoms with Crippen molar-refractivity contribution in [2.75, 3.05) is 7.11 Å². The zero-order chi connectivity index (χ0) is 20.2. The summed E-state index contributed by atoms with van der Waals surface area (Å²) < 4.78 is 39.8. The first-order valence-electron chi connectivity index (χ1n) is 7.67. The number of fused-ring (bicyclic) bond motifs is 1. The first-order valence-corrected chi connectivity index (χ1v) is 9.79. The summed E-state index contributed by atoms with van der Waals surface area (Å²) in [5, 5.41) is 1.12. The Kier molecular flexibility index (Phi) is 7.07. The average Bonchev–Trinajstić information content (AvgIpc) is 2.86. The number of halogens is 2. The molecule has 0 bridgehead atoms. The van der Waals surface area contributed by atoms with Crippen molar-refractivity contribution in [3.05, 3.63) is 58.3 Å². The molecule has 0 spiro atoms. The van der Waals surface area contributed by atoms with Gasteiger partial charge < -0.3 is 4.74 Å². The number of aryl methyl sites for hydroxylation is 2. The molecule has 0 saturated heterocycles. The molecule has 0 radical (unpaired) electrons. The molecule has 10 heteroatoms. The van der Waals surface area contributed by atoms with Crippen LogP contribution in [0.1, 0.15) is 5.82 Å². The van der Waals surface area contributed by atoms with Gasteiger partial charge in [-0.15, -0.1) is 0 Å². The fourth-order valence-electron chi connectivity index (χ4n) is 2.46. The van der Waals surface area contributed by atoms with Gasteiger partial charge in [0.15, 0.2) is 17.6 Å². The average molecular weight is 434 g/mol. The number of ether oxygens (including phenoxy) is 1. The van der Waals surface area contributed by atoms with E-state index in [9.17, 15) is 8.42 Å². The number of aromatic nitrogens is 2. The molecule has 3 rings (SSSR count). The van der Waals surface area contributed by atoms with E-state index >= 15 is 0 Å². The van der Waals surface area contributed by atoms with E-state index in [0.29, 0.717) is 22.4 Å². The molecule has 0 aliphatic rings. The molecule has 2 aromatic carbocycles. The number of hydrogen-bond donors (Lipinski definition) is 1. The maximum atomic E-state index is 9.33. The highest BCUT2D eigenvalue weighted by Gasteiger charge is 2.20. The lowest BCUT2D eigenvalue weighted by atomic mass is 10.3. The lowest BCUT2D eigenvalue weighted by Crippen LogP contribution is -2.33. The minimum absolute atomic E-state index is 0.434. The zero-order valence-corrected chi connectivity index (χ0v) is 17.2. The Morgan fingerprint density at radius 3 is 2.37 bits per heavy atom. The Labute approximate surface area is 167 Å². The van der Waals surface area contributed by atoms with E-state index in [2.05, 4.69) is 25.5 Å². The summed E-state index contributed by atoms with van der Waals surface area (Å²) in [7, 11) is 0.773. The van der Waals surface area contributed by atoms with Crippen LogP contribution in [0.2, 0.25) is 10.0 Å². The van der Waals surface area contributed by atoms with E-state index in [4.69, 9.17) is 32.5 Å². The third-order valence-electron chi connectivity index (χ3n) is 3.84. The summed E-state index contributed by atoms with van der Waals surface area (Å²) in [6, 6.07) is 13.5. The number of hydrogen-bond acceptors (Lipinski definition) is 4. The lowest BCUT2D eigenvalue weighted by Gasteiger charge is -2.06. The summed E-state index contributed by atoms with van der Waals surface area (Å²) in [5.74, 6) is 1.69. The van der Waals surface area contributed by atoms with Gasteiger partial charge in [0.05, 0.1) is 26.2 Å². The third-order valence-corrected chi connectivity index (χ3v) is 4.79. The van der Waals surface area contributed by atoms with Gasteiger partial charge in [-0.1, -0.05) is 35.3 Å². The Bertz CT molecular complexity index is 1010. The van der Waals surface area contributed by atoms with Gasteiger partial charge in [0.1, 0.15) is 5.75 Å². The van der Waals surface area contributed by atoms with Crippen LogP contribution in [-0.2, 0) is 35.3 Å². The molecular formula is C17H19Cl2N2O5S+. The molecular weight excluding hydrogens is 415 g/mol. The largest absolute Gasteiger partial charge is 0.479 e. The molecule has 0 unspecified atom stereocenters. The van der Waals surface area contributed by atoms with Gasteiger partial charge in [-0.2, -0.15) is 8.42 Å². The number of benzene rings is 2. The number of rotatable bonds is 4. The number of imidazole rings is 1. The molecule has 7 nitrogen and oxygen atoms in total. The highest BCUT2D eigenvalue weighted by Crippen LogP contribution is 2.28. The van der Waals surface area contributed by atoms with Crippen LogP contribution in [0.4, 0.5) is 0 Å². The standard InChI is InChI=1S/C16H15Cl2N2O.CH4O4S/c1-19-13-5-3-4-6-14(13)20(2)16(19)10-21-15-8-7-11(17)9-12(15)18;1-5-6(2,3)4/h3-9H,10H2,1-2H3;1H3,(H,2,3,4)/q+1;. The van der Waals surface area contributed by atoms with E-state index in [1.165, 1.54) is 11.0 Å². The normalized spacial score (nSPS) is 11.2. The van der Waals surface area contributed by atoms with Gasteiger partial charge in [-0.3, -0.25) is 8.74 Å². The van der Waals surface area contributed by atoms with Crippen molar-refractivity contribution in [2.45, 2.75) is 6.61 Å². The van der Waals surface area contributed by atoms with E-state index in [1.807, 2.05) is 26.2 Å². The molecule has 146 valence electrons. The van der Waals surface area contributed by atoms with E-state index in [0.717, 1.165) is 12.9 Å². The number of nitrogens with zero attached hydrogens (tertiary/aromatic N) is 2. The van der Waals surface area contributed by atoms with Crippen LogP contribution in [0.25, 0.3) is 11.0 Å². The minimum Gasteiger partial charge on any atom is -0.479 e. The van der Waals surface area contributed by atoms with Crippen molar-refractivity contribution in [1.29, 1.82) is 0 Å². The SMILES string of the molecule is COS(=O)(=O)O.Cn1c(COc2ccc(Cl)cc2Cl)[n+](C)c2ccccc21. The molecule has 0 fully saturated rings. The highest BCUT2D eigenvalue weighted by molar-refractivity contribution is 7.80. The lowest BCUT2D eigenvalue weighted by molar-refractivity contribution is -0.655. The van der Waals surface area contributed by atoms with Crippen LogP contribution in [-0.4, -0.2) is 24.6 Å². The van der Waals surface area contributed by atoms with Crippen LogP contribution >= 0.6 is 23.2 Å². The van der Waals surface area contributed by atoms with Gasteiger partial charge >= 0.3 is 10.4 Å². The van der Waals surface area contributed by atoms with Crippen molar-refractivity contribution < 1.29 is 26.5 Å². The summed E-state index contributed by atoms with van der Waals surface area (Å²) in [4.78, 5) is 0. The topological polar surface area (TPSA) is 81.6 Å². The first kappa shape index (κ1) is 21.5. The van der Waals surface area contributed by atoms with E-state index in [-0.39, 0.29) is 0 Å². The van der Waals surface area contributed by atoms with Crippen LogP contribution in [0.5, 0.6) is 5.75 Å². The van der Waals surface area contributed by atoms with Gasteiger partial charge in [0, 0.05) is 5.02 Å². The predicted octanol–water partition coefficient (Wildman–Crippen LogP) is 3.32. The fraction of sp³-hybridized carbons (Fsp3) is 0.235. The summed E-state index contributed by atoms with van der Waals surface area (Å²) in [6.45, 7) is 0.434. The second kappa shape index (κ2) is 8.90. The van der Waals surface area contributed by atoms with E-state index in [1.54, 1.807) is 18.2 Å². The number of para-hydroxylation sites is 2. The zero-order valence-electron chi connectivity index (χ0n) is 14.9. The predicted molar refractivity (Wildman–Crippen MR) is 103 cm³/mol. The Balaban J connectivity index is 0.000000380. The van der Waals surface area contributed by atoms with Crippen LogP contribution in [0.15, 0.2) is 42.5 Å². The second-order valence-electron chi connectivity index (χ2n) is 5.48. The van der Waals surface area contributed by atoms with E-state index < -0.39 is 10.4 Å². The van der Waals surface area contributed by atoms with Crippen LogP contribution in [0, 0.1) is 0 Å². The smallest absolute Gasteiger partial charge is 0.397 e. The van der Waals surface area contributed by atoms with Crippen molar-refractivity contribution in [3.63, 3.8) is 0 Å². The maximum Gasteiger partial charge on any atom is 0.397 e. The highest BCUT2D eigenvalue weighted by atomic mass is 35.5. The monoisotopic (exact) mass is 433 g/mol. The molecule has 1 N–H and O–H groups in total. The van der Waals surface area contributed by atoms with Crippen LogP contribution < -0.4 is 9.30 Å². The fourth-order valence-corrected chi connectivity index (χ4v) is 2.93. The van der Waals surface area contributed by atoms with Crippen molar-refractivity contribution >= 4 is 44.6 Å². The van der Waals surface area contributed by atoms with Gasteiger partial charge in [0.25, 0.3) is 5.82 Å². The van der Waals surface area contributed by atoms with Gasteiger partial charge in [-0.05, 0) is 30.3 Å². The second-order valence-corrected chi connectivity index (χ2v) is 7.51. The van der Waals surface area contributed by atoms with Gasteiger partial charge in [0.2, 0.25) is 0 Å². The van der Waals surface area contributed by atoms with Gasteiger partial charge in [-0.25, -0.2) is 9.13 Å². The van der Waals surface area contributed by atoms with Crippen molar-refractivity contribution in [3.8, 4) is 5.75 Å². The third kappa shape index (κ3) is 5.57. The molecule has 0 aliphatic carbocycles. The summed E-state index contributed by atoms with van der Waals surface area (Å²) in [6.07, 6.45) is 0. The molecule has 0 aliphatic heterocycles. The Hall–Kier alpha value is -1.84. The summed E-state index contributed by atoms with van der Waals surface area (Å²) >= 11 is 12.0. The summed E-state index contributed by atoms with van der Waals surface area (Å²) in [5.41, 5.74) is 2.33. The molecule has 0 amide bonds. The minimum atomic E-state index is -4.16. The van der Waals surface area contributed by atoms with Crippen molar-refractivity contribution in [2.24, 2.45) is 14.1 Å². The first-order chi connectivity index (χ1) is 12.6. The molecule has 27 heavy (non-hydrogen) atoms. The molecule has 0 saturated carbocycles. The maximum absolute atomic E-state index is 9.33. The Morgan fingerprint density at radius 2 is 1.81 bits per heavy atom. The molecule has 1 aromatic heterocycles.